The van der Waals surface area contributed by atoms with E-state index in [1.54, 1.807) is 0 Å². The minimum atomic E-state index is 0.430. The van der Waals surface area contributed by atoms with Crippen LogP contribution in [-0.2, 0) is 6.42 Å². The second-order valence-corrected chi connectivity index (χ2v) is 7.56. The van der Waals surface area contributed by atoms with E-state index in [-0.39, 0.29) is 0 Å². The summed E-state index contributed by atoms with van der Waals surface area (Å²) in [6.45, 7) is 0.999. The van der Waals surface area contributed by atoms with E-state index in [0.717, 1.165) is 24.0 Å². The van der Waals surface area contributed by atoms with Crippen molar-refractivity contribution in [2.45, 2.75) is 31.2 Å². The maximum Gasteiger partial charge on any atom is 0.0441 e. The number of rotatable bonds is 6. The number of hydrogen-bond acceptors (Lipinski definition) is 2. The summed E-state index contributed by atoms with van der Waals surface area (Å²) in [7, 11) is 0. The van der Waals surface area contributed by atoms with E-state index < -0.39 is 0 Å². The third-order valence-electron chi connectivity index (χ3n) is 3.70. The van der Waals surface area contributed by atoms with Crippen LogP contribution in [0.1, 0.15) is 29.2 Å². The molecule has 0 radical (unpaired) electrons. The van der Waals surface area contributed by atoms with Crippen LogP contribution in [0.2, 0.25) is 5.02 Å². The lowest BCUT2D eigenvalue weighted by Gasteiger charge is -2.19. The van der Waals surface area contributed by atoms with E-state index in [9.17, 15) is 0 Å². The molecule has 1 unspecified atom stereocenters. The average Bonchev–Trinajstić information content (AvgIpc) is 3.19. The van der Waals surface area contributed by atoms with Crippen LogP contribution in [0, 0.1) is 0 Å². The van der Waals surface area contributed by atoms with Crippen LogP contribution in [-0.4, -0.2) is 12.6 Å². The second kappa shape index (κ2) is 6.61. The second-order valence-electron chi connectivity index (χ2n) is 5.30. The molecule has 1 atom stereocenters. The molecule has 0 saturated heterocycles. The summed E-state index contributed by atoms with van der Waals surface area (Å²) in [5.41, 5.74) is 1.25. The molecule has 1 heterocycles. The van der Waals surface area contributed by atoms with Gasteiger partial charge in [0, 0.05) is 32.9 Å². The summed E-state index contributed by atoms with van der Waals surface area (Å²) in [5, 5.41) is 6.66. The van der Waals surface area contributed by atoms with E-state index >= 15 is 0 Å². The Morgan fingerprint density at radius 1 is 1.30 bits per heavy atom. The van der Waals surface area contributed by atoms with E-state index in [4.69, 9.17) is 11.6 Å². The topological polar surface area (TPSA) is 12.0 Å². The number of benzene rings is 1. The fourth-order valence-electron chi connectivity index (χ4n) is 2.39. The summed E-state index contributed by atoms with van der Waals surface area (Å²) in [6.07, 6.45) is 3.66. The van der Waals surface area contributed by atoms with Crippen LogP contribution in [0.3, 0.4) is 0 Å². The predicted molar refractivity (Wildman–Crippen MR) is 90.9 cm³/mol. The lowest BCUT2D eigenvalue weighted by atomic mass is 9.94. The highest BCUT2D eigenvalue weighted by molar-refractivity contribution is 9.10. The molecule has 0 spiro atoms. The van der Waals surface area contributed by atoms with Crippen LogP contribution in [0.25, 0.3) is 0 Å². The minimum absolute atomic E-state index is 0.430. The van der Waals surface area contributed by atoms with E-state index in [1.807, 2.05) is 23.5 Å². The molecule has 1 saturated carbocycles. The Balaban J connectivity index is 1.79. The van der Waals surface area contributed by atoms with Crippen LogP contribution in [0.4, 0.5) is 0 Å². The van der Waals surface area contributed by atoms with Gasteiger partial charge in [-0.2, -0.15) is 0 Å². The summed E-state index contributed by atoms with van der Waals surface area (Å²) in [6, 6.07) is 11.1. The molecule has 4 heteroatoms. The molecule has 0 amide bonds. The third-order valence-corrected chi connectivity index (χ3v) is 5.99. The fraction of sp³-hybridized carbons (Fsp3) is 0.375. The molecule has 20 heavy (non-hydrogen) atoms. The highest BCUT2D eigenvalue weighted by Crippen LogP contribution is 2.32. The fourth-order valence-corrected chi connectivity index (χ4v) is 4.28. The summed E-state index contributed by atoms with van der Waals surface area (Å²) < 4.78 is 1.21. The highest BCUT2D eigenvalue weighted by Gasteiger charge is 2.24. The first-order valence-electron chi connectivity index (χ1n) is 6.93. The van der Waals surface area contributed by atoms with Crippen molar-refractivity contribution in [2.75, 3.05) is 6.54 Å². The van der Waals surface area contributed by atoms with Gasteiger partial charge in [-0.3, -0.25) is 0 Å². The first kappa shape index (κ1) is 14.6. The molecule has 1 nitrogen and oxygen atoms in total. The SMILES string of the molecule is Clc1ccccc1C(CNC1CC1)Cc1sccc1Br. The molecule has 1 aliphatic rings. The van der Waals surface area contributed by atoms with Gasteiger partial charge in [-0.05, 0) is 58.3 Å². The zero-order valence-electron chi connectivity index (χ0n) is 11.1. The van der Waals surface area contributed by atoms with Crippen molar-refractivity contribution in [3.05, 3.63) is 55.6 Å². The summed E-state index contributed by atoms with van der Waals surface area (Å²) in [5.74, 6) is 0.430. The predicted octanol–water partition coefficient (Wildman–Crippen LogP) is 5.24. The quantitative estimate of drug-likeness (QED) is 0.733. The third kappa shape index (κ3) is 3.64. The van der Waals surface area contributed by atoms with Crippen LogP contribution in [0.15, 0.2) is 40.2 Å². The first-order valence-corrected chi connectivity index (χ1v) is 8.99. The van der Waals surface area contributed by atoms with Gasteiger partial charge in [-0.1, -0.05) is 29.8 Å². The largest absolute Gasteiger partial charge is 0.313 e. The summed E-state index contributed by atoms with van der Waals surface area (Å²) in [4.78, 5) is 1.40. The van der Waals surface area contributed by atoms with E-state index in [1.165, 1.54) is 27.8 Å². The van der Waals surface area contributed by atoms with Crippen LogP contribution < -0.4 is 5.32 Å². The Morgan fingerprint density at radius 3 is 2.75 bits per heavy atom. The van der Waals surface area contributed by atoms with Crippen molar-refractivity contribution in [2.24, 2.45) is 0 Å². The molecular weight excluding hydrogens is 354 g/mol. The normalized spacial score (nSPS) is 16.3. The van der Waals surface area contributed by atoms with Crippen molar-refractivity contribution in [1.29, 1.82) is 0 Å². The van der Waals surface area contributed by atoms with Crippen molar-refractivity contribution >= 4 is 38.9 Å². The Bertz CT molecular complexity index is 579. The lowest BCUT2D eigenvalue weighted by Crippen LogP contribution is -2.25. The van der Waals surface area contributed by atoms with E-state index in [0.29, 0.717) is 5.92 Å². The Labute approximate surface area is 137 Å². The average molecular weight is 371 g/mol. The number of nitrogens with one attached hydrogen (secondary N) is 1. The molecule has 1 fully saturated rings. The number of halogens is 2. The van der Waals surface area contributed by atoms with Gasteiger partial charge >= 0.3 is 0 Å². The van der Waals surface area contributed by atoms with Gasteiger partial charge in [-0.25, -0.2) is 0 Å². The van der Waals surface area contributed by atoms with Crippen LogP contribution >= 0.6 is 38.9 Å². The van der Waals surface area contributed by atoms with Gasteiger partial charge in [0.15, 0.2) is 0 Å². The Hall–Kier alpha value is -0.350. The van der Waals surface area contributed by atoms with Crippen molar-refractivity contribution in [1.82, 2.24) is 5.32 Å². The van der Waals surface area contributed by atoms with Gasteiger partial charge in [0.1, 0.15) is 0 Å². The first-order chi connectivity index (χ1) is 9.74. The van der Waals surface area contributed by atoms with Gasteiger partial charge in [-0.15, -0.1) is 11.3 Å². The smallest absolute Gasteiger partial charge is 0.0441 e. The minimum Gasteiger partial charge on any atom is -0.313 e. The lowest BCUT2D eigenvalue weighted by molar-refractivity contribution is 0.579. The van der Waals surface area contributed by atoms with Gasteiger partial charge in [0.2, 0.25) is 0 Å². The Kier molecular flexibility index (Phi) is 4.82. The molecule has 3 rings (SSSR count). The standard InChI is InChI=1S/C16H17BrClNS/c17-14-7-8-20-16(14)9-11(10-19-12-5-6-12)13-3-1-2-4-15(13)18/h1-4,7-8,11-12,19H,5-6,9-10H2. The van der Waals surface area contributed by atoms with Crippen molar-refractivity contribution in [3.8, 4) is 0 Å². The van der Waals surface area contributed by atoms with Crippen molar-refractivity contribution < 1.29 is 0 Å². The van der Waals surface area contributed by atoms with Gasteiger partial charge in [0.25, 0.3) is 0 Å². The molecule has 2 aromatic rings. The maximum absolute atomic E-state index is 6.39. The highest BCUT2D eigenvalue weighted by atomic mass is 79.9. The van der Waals surface area contributed by atoms with Gasteiger partial charge < -0.3 is 5.32 Å². The van der Waals surface area contributed by atoms with E-state index in [2.05, 4.69) is 44.8 Å². The molecule has 106 valence electrons. The molecule has 1 aromatic heterocycles. The zero-order chi connectivity index (χ0) is 13.9. The zero-order valence-corrected chi connectivity index (χ0v) is 14.3. The molecule has 1 aliphatic carbocycles. The Morgan fingerprint density at radius 2 is 2.10 bits per heavy atom. The molecule has 0 bridgehead atoms. The van der Waals surface area contributed by atoms with Crippen molar-refractivity contribution in [3.63, 3.8) is 0 Å². The van der Waals surface area contributed by atoms with Crippen LogP contribution in [0.5, 0.6) is 0 Å². The molecule has 1 aromatic carbocycles. The maximum atomic E-state index is 6.39. The number of hydrogen-bond donors (Lipinski definition) is 1. The monoisotopic (exact) mass is 369 g/mol. The summed E-state index contributed by atoms with van der Waals surface area (Å²) >= 11 is 11.8. The number of thiophene rings is 1. The van der Waals surface area contributed by atoms with Gasteiger partial charge in [0.05, 0.1) is 0 Å². The molecular formula is C16H17BrClNS. The molecule has 1 N–H and O–H groups in total. The molecule has 0 aliphatic heterocycles.